The molecule has 1 atom stereocenters. The van der Waals surface area contributed by atoms with Crippen LogP contribution in [-0.4, -0.2) is 36.3 Å². The highest BCUT2D eigenvalue weighted by Gasteiger charge is 2.38. The van der Waals surface area contributed by atoms with E-state index in [1.165, 1.54) is 18.3 Å². The molecule has 2 aromatic carbocycles. The van der Waals surface area contributed by atoms with E-state index in [0.29, 0.717) is 23.0 Å². The van der Waals surface area contributed by atoms with Gasteiger partial charge in [0.2, 0.25) is 0 Å². The van der Waals surface area contributed by atoms with E-state index in [1.54, 1.807) is 55.6 Å². The first kappa shape index (κ1) is 26.2. The van der Waals surface area contributed by atoms with E-state index in [1.807, 2.05) is 12.1 Å². The molecule has 4 aromatic rings. The highest BCUT2D eigenvalue weighted by atomic mass is 32.1. The smallest absolute Gasteiger partial charge is 0.273 e. The largest absolute Gasteiger partial charge is 0.497 e. The van der Waals surface area contributed by atoms with Crippen molar-refractivity contribution in [3.63, 3.8) is 0 Å². The maximum absolute atomic E-state index is 14.0. The van der Waals surface area contributed by atoms with Gasteiger partial charge in [0.15, 0.2) is 11.7 Å². The van der Waals surface area contributed by atoms with Crippen molar-refractivity contribution in [1.82, 2.24) is 9.69 Å². The van der Waals surface area contributed by atoms with Crippen molar-refractivity contribution in [2.24, 2.45) is 5.73 Å². The molecule has 2 heterocycles. The molecule has 0 aliphatic heterocycles. The van der Waals surface area contributed by atoms with Crippen LogP contribution in [-0.2, 0) is 11.3 Å². The number of nitrogens with zero attached hydrogens (tertiary/aromatic N) is 2. The van der Waals surface area contributed by atoms with Gasteiger partial charge in [0.1, 0.15) is 22.1 Å². The number of hydrogen-bond acceptors (Lipinski definition) is 9. The fraction of sp³-hybridized carbons (Fsp3) is 0.154. The Hall–Kier alpha value is -4.84. The third kappa shape index (κ3) is 5.30. The van der Waals surface area contributed by atoms with Gasteiger partial charge in [-0.25, -0.2) is 0 Å². The van der Waals surface area contributed by atoms with Crippen molar-refractivity contribution in [3.05, 3.63) is 88.8 Å². The second-order valence-corrected chi connectivity index (χ2v) is 8.74. The van der Waals surface area contributed by atoms with Gasteiger partial charge in [-0.1, -0.05) is 24.3 Å². The molecule has 0 aliphatic carbocycles. The molecule has 3 amide bonds. The zero-order valence-electron chi connectivity index (χ0n) is 20.5. The van der Waals surface area contributed by atoms with Crippen molar-refractivity contribution in [2.75, 3.05) is 24.9 Å². The molecule has 196 valence electrons. The molecule has 38 heavy (non-hydrogen) atoms. The summed E-state index contributed by atoms with van der Waals surface area (Å²) in [5.41, 5.74) is 12.1. The van der Waals surface area contributed by atoms with Crippen LogP contribution >= 0.6 is 11.5 Å². The van der Waals surface area contributed by atoms with Crippen molar-refractivity contribution in [2.45, 2.75) is 12.6 Å². The molecule has 0 bridgehead atoms. The van der Waals surface area contributed by atoms with Crippen molar-refractivity contribution >= 4 is 40.6 Å². The number of nitrogen functional groups attached to an aromatic ring is 1. The molecule has 0 unspecified atom stereocenters. The number of nitrogens with two attached hydrogens (primary N) is 2. The first-order valence-corrected chi connectivity index (χ1v) is 12.1. The van der Waals surface area contributed by atoms with Crippen LogP contribution in [0.15, 0.2) is 71.3 Å². The Kier molecular flexibility index (Phi) is 7.92. The van der Waals surface area contributed by atoms with Gasteiger partial charge >= 0.3 is 0 Å². The number of anilines is 2. The number of nitrogens with one attached hydrogen (secondary N) is 1. The predicted molar refractivity (Wildman–Crippen MR) is 141 cm³/mol. The monoisotopic (exact) mass is 535 g/mol. The summed E-state index contributed by atoms with van der Waals surface area (Å²) in [6, 6.07) is 15.8. The Morgan fingerprint density at radius 1 is 1.05 bits per heavy atom. The minimum Gasteiger partial charge on any atom is -0.497 e. The zero-order chi connectivity index (χ0) is 27.2. The molecule has 5 N–H and O–H groups in total. The summed E-state index contributed by atoms with van der Waals surface area (Å²) in [5, 5.41) is 2.86. The molecule has 11 nitrogen and oxygen atoms in total. The molecular formula is C26H25N5O6S. The lowest BCUT2D eigenvalue weighted by Gasteiger charge is -2.30. The van der Waals surface area contributed by atoms with Crippen molar-refractivity contribution < 1.29 is 28.3 Å². The molecule has 0 saturated carbocycles. The maximum atomic E-state index is 14.0. The van der Waals surface area contributed by atoms with Crippen LogP contribution in [0, 0.1) is 0 Å². The van der Waals surface area contributed by atoms with Crippen LogP contribution < -0.4 is 31.2 Å². The van der Waals surface area contributed by atoms with Gasteiger partial charge in [0, 0.05) is 6.54 Å². The molecule has 4 rings (SSSR count). The maximum Gasteiger partial charge on any atom is 0.273 e. The first-order chi connectivity index (χ1) is 18.3. The van der Waals surface area contributed by atoms with E-state index in [2.05, 4.69) is 9.69 Å². The van der Waals surface area contributed by atoms with Gasteiger partial charge in [-0.15, -0.1) is 0 Å². The van der Waals surface area contributed by atoms with Crippen LogP contribution in [0.5, 0.6) is 11.5 Å². The third-order valence-corrected chi connectivity index (χ3v) is 6.52. The lowest BCUT2D eigenvalue weighted by Crippen LogP contribution is -2.44. The number of para-hydroxylation sites is 2. The van der Waals surface area contributed by atoms with Crippen LogP contribution in [0.4, 0.5) is 11.4 Å². The SMILES string of the molecule is COc1ccc(CNC(=O)[C@@H](c2ccco2)N(C(=O)c2snc(C(N)=O)c2N)c2ccccc2OC)cc1. The van der Waals surface area contributed by atoms with E-state index in [0.717, 1.165) is 5.56 Å². The van der Waals surface area contributed by atoms with Crippen molar-refractivity contribution in [1.29, 1.82) is 0 Å². The van der Waals surface area contributed by atoms with Crippen LogP contribution in [0.1, 0.15) is 37.5 Å². The van der Waals surface area contributed by atoms with Gasteiger partial charge in [-0.2, -0.15) is 4.37 Å². The number of hydrogen-bond donors (Lipinski definition) is 3. The topological polar surface area (TPSA) is 163 Å². The van der Waals surface area contributed by atoms with Gasteiger partial charge in [-0.3, -0.25) is 19.3 Å². The lowest BCUT2D eigenvalue weighted by molar-refractivity contribution is -0.123. The summed E-state index contributed by atoms with van der Waals surface area (Å²) in [4.78, 5) is 40.6. The number of furan rings is 1. The van der Waals surface area contributed by atoms with Gasteiger partial charge < -0.3 is 30.7 Å². The van der Waals surface area contributed by atoms with E-state index in [9.17, 15) is 14.4 Å². The molecule has 0 fully saturated rings. The molecule has 2 aromatic heterocycles. The second kappa shape index (κ2) is 11.5. The molecule has 0 radical (unpaired) electrons. The van der Waals surface area contributed by atoms with Crippen LogP contribution in [0.25, 0.3) is 0 Å². The molecular weight excluding hydrogens is 510 g/mol. The quantitative estimate of drug-likeness (QED) is 0.279. The first-order valence-electron chi connectivity index (χ1n) is 11.3. The molecule has 0 aliphatic rings. The zero-order valence-corrected chi connectivity index (χ0v) is 21.4. The second-order valence-electron chi connectivity index (χ2n) is 7.97. The standard InChI is InChI=1S/C26H25N5O6S/c1-35-16-11-9-15(10-12-16)14-29-25(33)22(19-8-5-13-37-19)31(17-6-3-4-7-18(17)36-2)26(34)23-20(27)21(24(28)32)30-38-23/h3-13,22H,14,27H2,1-2H3,(H2,28,32)(H,29,33)/t22-/m1/s1. The highest BCUT2D eigenvalue weighted by Crippen LogP contribution is 2.38. The van der Waals surface area contributed by atoms with Gasteiger partial charge in [-0.05, 0) is 53.5 Å². The summed E-state index contributed by atoms with van der Waals surface area (Å²) in [6.45, 7) is 0.169. The number of benzene rings is 2. The Morgan fingerprint density at radius 3 is 2.39 bits per heavy atom. The average Bonchev–Trinajstić information content (AvgIpc) is 3.60. The van der Waals surface area contributed by atoms with E-state index in [4.69, 9.17) is 25.4 Å². The molecule has 12 heteroatoms. The summed E-state index contributed by atoms with van der Waals surface area (Å²) < 4.78 is 20.2. The van der Waals surface area contributed by atoms with Gasteiger partial charge in [0.25, 0.3) is 17.7 Å². The normalized spacial score (nSPS) is 11.4. The van der Waals surface area contributed by atoms with Crippen LogP contribution in [0.2, 0.25) is 0 Å². The number of ether oxygens (including phenoxy) is 2. The summed E-state index contributed by atoms with van der Waals surface area (Å²) in [5.74, 6) is -0.917. The fourth-order valence-corrected chi connectivity index (χ4v) is 4.53. The highest BCUT2D eigenvalue weighted by molar-refractivity contribution is 7.09. The molecule has 0 saturated heterocycles. The number of carbonyl (C=O) groups is 3. The number of methoxy groups -OCH3 is 2. The minimum atomic E-state index is -1.27. The summed E-state index contributed by atoms with van der Waals surface area (Å²) >= 11 is 0.707. The lowest BCUT2D eigenvalue weighted by atomic mass is 10.1. The Bertz CT molecular complexity index is 1430. The fourth-order valence-electron chi connectivity index (χ4n) is 3.78. The Balaban J connectivity index is 1.78. The minimum absolute atomic E-state index is 0.0655. The summed E-state index contributed by atoms with van der Waals surface area (Å²) in [6.07, 6.45) is 1.40. The third-order valence-electron chi connectivity index (χ3n) is 5.66. The average molecular weight is 536 g/mol. The van der Waals surface area contributed by atoms with Crippen molar-refractivity contribution in [3.8, 4) is 11.5 Å². The number of carbonyl (C=O) groups excluding carboxylic acids is 3. The van der Waals surface area contributed by atoms with E-state index < -0.39 is 23.8 Å². The van der Waals surface area contributed by atoms with E-state index in [-0.39, 0.29) is 34.3 Å². The molecule has 0 spiro atoms. The van der Waals surface area contributed by atoms with E-state index >= 15 is 0 Å². The number of amides is 3. The number of rotatable bonds is 10. The van der Waals surface area contributed by atoms with Gasteiger partial charge in [0.05, 0.1) is 31.9 Å². The van der Waals surface area contributed by atoms with Crippen LogP contribution in [0.3, 0.4) is 0 Å². The Morgan fingerprint density at radius 2 is 1.79 bits per heavy atom. The Labute approximate surface area is 222 Å². The number of aromatic nitrogens is 1. The predicted octanol–water partition coefficient (Wildman–Crippen LogP) is 3.14. The number of primary amides is 1. The summed E-state index contributed by atoms with van der Waals surface area (Å²) in [7, 11) is 3.01.